The van der Waals surface area contributed by atoms with Crippen LogP contribution in [0.25, 0.3) is 22.6 Å². The lowest BCUT2D eigenvalue weighted by Gasteiger charge is -2.27. The van der Waals surface area contributed by atoms with Crippen molar-refractivity contribution in [2.75, 3.05) is 0 Å². The van der Waals surface area contributed by atoms with Crippen LogP contribution >= 0.6 is 0 Å². The summed E-state index contributed by atoms with van der Waals surface area (Å²) in [5, 5.41) is 5.16. The molecule has 0 radical (unpaired) electrons. The Balaban J connectivity index is 1.58. The van der Waals surface area contributed by atoms with Gasteiger partial charge in [-0.1, -0.05) is 28.8 Å². The minimum atomic E-state index is -0.409. The van der Waals surface area contributed by atoms with Gasteiger partial charge in [-0.15, -0.1) is 0 Å². The van der Waals surface area contributed by atoms with Gasteiger partial charge in [-0.3, -0.25) is 4.68 Å². The summed E-state index contributed by atoms with van der Waals surface area (Å²) in [6.07, 6.45) is 4.45. The van der Waals surface area contributed by atoms with Crippen molar-refractivity contribution in [3.63, 3.8) is 0 Å². The molecule has 6 aromatic rings. The number of rotatable bonds is 0. The number of ether oxygens (including phenoxy) is 2. The van der Waals surface area contributed by atoms with Gasteiger partial charge in [0, 0.05) is 36.2 Å². The summed E-state index contributed by atoms with van der Waals surface area (Å²) < 4.78 is 22.7. The van der Waals surface area contributed by atoms with Crippen molar-refractivity contribution < 1.29 is 23.2 Å². The number of benzene rings is 2. The first-order valence-electron chi connectivity index (χ1n) is 13.9. The molecule has 7 nitrogen and oxygen atoms in total. The third kappa shape index (κ3) is 3.20. The van der Waals surface area contributed by atoms with Crippen LogP contribution in [0.15, 0.2) is 116 Å². The highest BCUT2D eigenvalue weighted by atomic mass is 16.5. The van der Waals surface area contributed by atoms with Gasteiger partial charge in [-0.25, -0.2) is 0 Å². The van der Waals surface area contributed by atoms with Gasteiger partial charge in [-0.05, 0) is 64.1 Å². The van der Waals surface area contributed by atoms with Crippen molar-refractivity contribution in [2.24, 2.45) is 0 Å². The van der Waals surface area contributed by atoms with Gasteiger partial charge >= 0.3 is 18.0 Å². The monoisotopic (exact) mass is 536 g/mol. The first-order chi connectivity index (χ1) is 20.2. The molecule has 3 aliphatic heterocycles. The standard InChI is InChI=1S/C34H26N5O2/c1-22-20-29-27-13-8-17-33-38(27)34-36-18-6-4-12-26(36)23-10-2-3-11-24(23)28(39(29)35-22)21-25-30(14-9-15-31(25)41-33)40-32-16-5-7-19-37(32)34/h2-20,28,34H,21H2,1H3/q+3. The molecule has 7 bridgehead atoms. The summed E-state index contributed by atoms with van der Waals surface area (Å²) in [5.74, 6) is 3.03. The van der Waals surface area contributed by atoms with Crippen molar-refractivity contribution in [1.82, 2.24) is 9.78 Å². The van der Waals surface area contributed by atoms with Crippen LogP contribution in [0.1, 0.15) is 29.2 Å². The molecule has 4 aromatic heterocycles. The van der Waals surface area contributed by atoms with Gasteiger partial charge in [0.25, 0.3) is 0 Å². The first-order valence-corrected chi connectivity index (χ1v) is 13.9. The van der Waals surface area contributed by atoms with Gasteiger partial charge in [0.15, 0.2) is 12.4 Å². The molecule has 0 saturated heterocycles. The highest BCUT2D eigenvalue weighted by molar-refractivity contribution is 5.64. The summed E-state index contributed by atoms with van der Waals surface area (Å²) in [7, 11) is 0. The molecule has 2 unspecified atom stereocenters. The Morgan fingerprint density at radius 1 is 0.732 bits per heavy atom. The molecule has 0 fully saturated rings. The average molecular weight is 537 g/mol. The summed E-state index contributed by atoms with van der Waals surface area (Å²) in [6.45, 7) is 2.07. The van der Waals surface area contributed by atoms with Crippen LogP contribution in [0.4, 0.5) is 0 Å². The SMILES string of the molecule is Cc1cc2n(n1)C1Cc3c4cccc3Oc3cccc-2[n+]3C([n+]2ccccc2O4)[n+]2ccccc2-c2ccccc21. The maximum atomic E-state index is 6.89. The first kappa shape index (κ1) is 22.5. The smallest absolute Gasteiger partial charge is 0.404 e. The van der Waals surface area contributed by atoms with Crippen LogP contribution in [0.2, 0.25) is 0 Å². The molecular weight excluding hydrogens is 510 g/mol. The molecule has 41 heavy (non-hydrogen) atoms. The number of hydrogen-bond donors (Lipinski definition) is 0. The minimum Gasteiger partial charge on any atom is -0.404 e. The maximum absolute atomic E-state index is 6.89. The number of aryl methyl sites for hydroxylation is 1. The molecule has 0 spiro atoms. The maximum Gasteiger partial charge on any atom is 0.559 e. The van der Waals surface area contributed by atoms with E-state index in [-0.39, 0.29) is 6.04 Å². The molecule has 3 aliphatic rings. The number of nitrogens with zero attached hydrogens (tertiary/aromatic N) is 5. The summed E-state index contributed by atoms with van der Waals surface area (Å²) >= 11 is 0. The van der Waals surface area contributed by atoms with Gasteiger partial charge in [0.05, 0.1) is 29.4 Å². The van der Waals surface area contributed by atoms with Crippen LogP contribution in [-0.4, -0.2) is 9.78 Å². The number of aromatic nitrogens is 5. The highest BCUT2D eigenvalue weighted by Crippen LogP contribution is 2.43. The Kier molecular flexibility index (Phi) is 4.58. The fraction of sp³-hybridized carbons (Fsp3) is 0.118. The average Bonchev–Trinajstić information content (AvgIpc) is 3.38. The summed E-state index contributed by atoms with van der Waals surface area (Å²) in [4.78, 5) is 0. The lowest BCUT2D eigenvalue weighted by molar-refractivity contribution is -1.11. The number of pyridine rings is 3. The third-order valence-electron chi connectivity index (χ3n) is 8.39. The van der Waals surface area contributed by atoms with Crippen molar-refractivity contribution in [1.29, 1.82) is 0 Å². The quantitative estimate of drug-likeness (QED) is 0.247. The number of hydrogen-bond acceptors (Lipinski definition) is 3. The zero-order chi connectivity index (χ0) is 27.1. The van der Waals surface area contributed by atoms with Gasteiger partial charge in [-0.2, -0.15) is 5.10 Å². The highest BCUT2D eigenvalue weighted by Gasteiger charge is 2.50. The Labute approximate surface area is 236 Å². The number of fused-ring (bicyclic) bond motifs is 7. The Morgan fingerprint density at radius 2 is 1.44 bits per heavy atom. The fourth-order valence-corrected chi connectivity index (χ4v) is 6.67. The van der Waals surface area contributed by atoms with Crippen LogP contribution in [0.5, 0.6) is 23.3 Å². The van der Waals surface area contributed by atoms with E-state index in [9.17, 15) is 0 Å². The van der Waals surface area contributed by atoms with Crippen molar-refractivity contribution >= 4 is 0 Å². The topological polar surface area (TPSA) is 47.9 Å². The van der Waals surface area contributed by atoms with Crippen molar-refractivity contribution in [3.05, 3.63) is 132 Å². The third-order valence-corrected chi connectivity index (χ3v) is 8.39. The molecule has 2 atom stereocenters. The Bertz CT molecular complexity index is 2020. The van der Waals surface area contributed by atoms with E-state index in [1.807, 2.05) is 42.5 Å². The van der Waals surface area contributed by atoms with E-state index in [0.717, 1.165) is 51.6 Å². The van der Waals surface area contributed by atoms with Crippen LogP contribution in [0, 0.1) is 6.92 Å². The van der Waals surface area contributed by atoms with Gasteiger partial charge in [0.2, 0.25) is 11.4 Å². The zero-order valence-electron chi connectivity index (χ0n) is 22.4. The van der Waals surface area contributed by atoms with Crippen LogP contribution in [0.3, 0.4) is 0 Å². The molecule has 0 aliphatic carbocycles. The Morgan fingerprint density at radius 3 is 2.34 bits per heavy atom. The van der Waals surface area contributed by atoms with Gasteiger partial charge < -0.3 is 9.47 Å². The van der Waals surface area contributed by atoms with Gasteiger partial charge in [0.1, 0.15) is 17.2 Å². The van der Waals surface area contributed by atoms with E-state index < -0.39 is 6.29 Å². The van der Waals surface area contributed by atoms with Crippen LogP contribution < -0.4 is 23.2 Å². The second-order valence-electron chi connectivity index (χ2n) is 10.8. The zero-order valence-corrected chi connectivity index (χ0v) is 22.4. The molecule has 2 aromatic carbocycles. The normalized spacial score (nSPS) is 17.2. The van der Waals surface area contributed by atoms with Crippen LogP contribution in [-0.2, 0) is 6.42 Å². The van der Waals surface area contributed by atoms with Crippen molar-refractivity contribution in [2.45, 2.75) is 25.7 Å². The molecule has 0 amide bonds. The van der Waals surface area contributed by atoms with E-state index in [1.165, 1.54) is 11.1 Å². The predicted molar refractivity (Wildman–Crippen MR) is 150 cm³/mol. The fourth-order valence-electron chi connectivity index (χ4n) is 6.67. The van der Waals surface area contributed by atoms with E-state index in [0.29, 0.717) is 6.42 Å². The minimum absolute atomic E-state index is 0.121. The molecule has 7 heterocycles. The second kappa shape index (κ2) is 8.35. The lowest BCUT2D eigenvalue weighted by Crippen LogP contribution is -2.72. The molecule has 7 heteroatoms. The van der Waals surface area contributed by atoms with E-state index in [4.69, 9.17) is 14.6 Å². The predicted octanol–water partition coefficient (Wildman–Crippen LogP) is 5.30. The lowest BCUT2D eigenvalue weighted by atomic mass is 9.91. The molecule has 9 rings (SSSR count). The van der Waals surface area contributed by atoms with E-state index in [1.54, 1.807) is 0 Å². The molecule has 0 N–H and O–H groups in total. The van der Waals surface area contributed by atoms with E-state index in [2.05, 4.69) is 98.4 Å². The Hall–Kier alpha value is -5.30. The molecular formula is C34H26N5O2+3. The summed E-state index contributed by atoms with van der Waals surface area (Å²) in [6, 6.07) is 35.7. The molecule has 196 valence electrons. The largest absolute Gasteiger partial charge is 0.559 e. The summed E-state index contributed by atoms with van der Waals surface area (Å²) in [5.41, 5.74) is 7.47. The van der Waals surface area contributed by atoms with E-state index >= 15 is 0 Å². The van der Waals surface area contributed by atoms with Crippen molar-refractivity contribution in [3.8, 4) is 45.9 Å². The molecule has 0 saturated carbocycles. The second-order valence-corrected chi connectivity index (χ2v) is 10.8.